The summed E-state index contributed by atoms with van der Waals surface area (Å²) in [6, 6.07) is 10.2. The first-order valence-electron chi connectivity index (χ1n) is 9.31. The fourth-order valence-electron chi connectivity index (χ4n) is 3.43. The maximum Gasteiger partial charge on any atom is 0.240 e. The van der Waals surface area contributed by atoms with Gasteiger partial charge in [-0.15, -0.1) is 0 Å². The summed E-state index contributed by atoms with van der Waals surface area (Å²) in [5.41, 5.74) is 6.47. The number of anilines is 1. The van der Waals surface area contributed by atoms with Crippen LogP contribution >= 0.6 is 0 Å². The zero-order chi connectivity index (χ0) is 18.4. The fraction of sp³-hybridized carbons (Fsp3) is 0.579. The number of nitrogens with one attached hydrogen (secondary N) is 1. The number of para-hydroxylation sites is 1. The van der Waals surface area contributed by atoms with Gasteiger partial charge in [0, 0.05) is 58.0 Å². The van der Waals surface area contributed by atoms with Crippen LogP contribution in [-0.2, 0) is 14.3 Å². The van der Waals surface area contributed by atoms with Gasteiger partial charge in [-0.2, -0.15) is 0 Å². The summed E-state index contributed by atoms with van der Waals surface area (Å²) < 4.78 is 5.25. The van der Waals surface area contributed by atoms with Crippen molar-refractivity contribution in [3.63, 3.8) is 0 Å². The van der Waals surface area contributed by atoms with Crippen molar-refractivity contribution in [3.05, 3.63) is 30.3 Å². The van der Waals surface area contributed by atoms with Crippen molar-refractivity contribution in [2.45, 2.75) is 24.8 Å². The van der Waals surface area contributed by atoms with Gasteiger partial charge in [0.25, 0.3) is 0 Å². The van der Waals surface area contributed by atoms with Crippen LogP contribution < -0.4 is 16.0 Å². The average molecular weight is 360 g/mol. The summed E-state index contributed by atoms with van der Waals surface area (Å²) in [5, 5.41) is 2.82. The third-order valence-electron chi connectivity index (χ3n) is 5.22. The molecule has 7 heteroatoms. The maximum absolute atomic E-state index is 12.4. The van der Waals surface area contributed by atoms with Crippen LogP contribution in [0.1, 0.15) is 19.3 Å². The Morgan fingerprint density at radius 1 is 1.08 bits per heavy atom. The number of piperazine rings is 1. The van der Waals surface area contributed by atoms with E-state index >= 15 is 0 Å². The predicted octanol–water partition coefficient (Wildman–Crippen LogP) is 0.349. The molecule has 0 bridgehead atoms. The SMILES string of the molecule is NC1(C(=O)NCCC(=O)N2CCN(c3ccccc3)CC2)CCOCC1. The predicted molar refractivity (Wildman–Crippen MR) is 99.8 cm³/mol. The highest BCUT2D eigenvalue weighted by Gasteiger charge is 2.35. The van der Waals surface area contributed by atoms with Crippen LogP contribution in [0.15, 0.2) is 30.3 Å². The molecule has 26 heavy (non-hydrogen) atoms. The molecule has 1 aromatic rings. The van der Waals surface area contributed by atoms with Crippen LogP contribution in [0.3, 0.4) is 0 Å². The maximum atomic E-state index is 12.4. The molecule has 0 atom stereocenters. The van der Waals surface area contributed by atoms with Crippen molar-refractivity contribution in [2.24, 2.45) is 5.73 Å². The Bertz CT molecular complexity index is 608. The number of hydrogen-bond acceptors (Lipinski definition) is 5. The van der Waals surface area contributed by atoms with Crippen molar-refractivity contribution < 1.29 is 14.3 Å². The second kappa shape index (κ2) is 8.51. The largest absolute Gasteiger partial charge is 0.381 e. The van der Waals surface area contributed by atoms with E-state index in [4.69, 9.17) is 10.5 Å². The first kappa shape index (κ1) is 18.7. The lowest BCUT2D eigenvalue weighted by Gasteiger charge is -2.36. The summed E-state index contributed by atoms with van der Waals surface area (Å²) in [6.45, 7) is 4.42. The Hall–Kier alpha value is -2.12. The van der Waals surface area contributed by atoms with E-state index in [1.54, 1.807) is 0 Å². The third-order valence-corrected chi connectivity index (χ3v) is 5.22. The number of ether oxygens (including phenoxy) is 1. The van der Waals surface area contributed by atoms with Crippen molar-refractivity contribution in [1.29, 1.82) is 0 Å². The van der Waals surface area contributed by atoms with Gasteiger partial charge in [0.15, 0.2) is 0 Å². The van der Waals surface area contributed by atoms with Crippen molar-refractivity contribution in [2.75, 3.05) is 50.8 Å². The lowest BCUT2D eigenvalue weighted by atomic mass is 9.90. The van der Waals surface area contributed by atoms with Gasteiger partial charge < -0.3 is 25.6 Å². The molecule has 0 aliphatic carbocycles. The highest BCUT2D eigenvalue weighted by atomic mass is 16.5. The molecule has 1 aromatic carbocycles. The van der Waals surface area contributed by atoms with E-state index in [9.17, 15) is 9.59 Å². The molecule has 0 saturated carbocycles. The zero-order valence-electron chi connectivity index (χ0n) is 15.2. The minimum Gasteiger partial charge on any atom is -0.381 e. The molecule has 2 fully saturated rings. The highest BCUT2D eigenvalue weighted by molar-refractivity contribution is 5.86. The van der Waals surface area contributed by atoms with Gasteiger partial charge >= 0.3 is 0 Å². The van der Waals surface area contributed by atoms with E-state index in [-0.39, 0.29) is 11.8 Å². The number of nitrogens with zero attached hydrogens (tertiary/aromatic N) is 2. The van der Waals surface area contributed by atoms with Gasteiger partial charge in [0.1, 0.15) is 0 Å². The average Bonchev–Trinajstić information content (AvgIpc) is 2.69. The molecule has 2 aliphatic heterocycles. The number of rotatable bonds is 5. The Kier molecular flexibility index (Phi) is 6.11. The molecule has 2 aliphatic rings. The number of carbonyl (C=O) groups excluding carboxylic acids is 2. The molecule has 2 heterocycles. The van der Waals surface area contributed by atoms with Crippen LogP contribution in [0.25, 0.3) is 0 Å². The number of hydrogen-bond donors (Lipinski definition) is 2. The molecular formula is C19H28N4O3. The van der Waals surface area contributed by atoms with E-state index in [0.29, 0.717) is 52.1 Å². The molecule has 142 valence electrons. The summed E-state index contributed by atoms with van der Waals surface area (Å²) in [4.78, 5) is 28.8. The molecule has 0 spiro atoms. The Labute approximate surface area is 154 Å². The van der Waals surface area contributed by atoms with Crippen LogP contribution in [0.2, 0.25) is 0 Å². The summed E-state index contributed by atoms with van der Waals surface area (Å²) >= 11 is 0. The zero-order valence-corrected chi connectivity index (χ0v) is 15.2. The minimum absolute atomic E-state index is 0.0797. The minimum atomic E-state index is -0.859. The number of benzene rings is 1. The summed E-state index contributed by atoms with van der Waals surface area (Å²) in [6.07, 6.45) is 1.35. The highest BCUT2D eigenvalue weighted by Crippen LogP contribution is 2.18. The lowest BCUT2D eigenvalue weighted by molar-refractivity contribution is -0.132. The first-order valence-corrected chi connectivity index (χ1v) is 9.31. The van der Waals surface area contributed by atoms with Crippen LogP contribution in [0.5, 0.6) is 0 Å². The van der Waals surface area contributed by atoms with Gasteiger partial charge in [-0.3, -0.25) is 9.59 Å². The van der Waals surface area contributed by atoms with Gasteiger partial charge in [-0.05, 0) is 25.0 Å². The molecule has 2 saturated heterocycles. The quantitative estimate of drug-likeness (QED) is 0.791. The molecule has 3 N–H and O–H groups in total. The normalized spacial score (nSPS) is 19.9. The van der Waals surface area contributed by atoms with Crippen molar-refractivity contribution in [1.82, 2.24) is 10.2 Å². The van der Waals surface area contributed by atoms with Crippen LogP contribution in [0.4, 0.5) is 5.69 Å². The Morgan fingerprint density at radius 3 is 2.38 bits per heavy atom. The number of nitrogens with two attached hydrogens (primary N) is 1. The van der Waals surface area contributed by atoms with Crippen LogP contribution in [-0.4, -0.2) is 68.2 Å². The van der Waals surface area contributed by atoms with Gasteiger partial charge in [0.2, 0.25) is 11.8 Å². The smallest absolute Gasteiger partial charge is 0.240 e. The summed E-state index contributed by atoms with van der Waals surface area (Å²) in [5.74, 6) is -0.0986. The van der Waals surface area contributed by atoms with Gasteiger partial charge in [0.05, 0.1) is 5.54 Å². The standard InChI is InChI=1S/C19H28N4O3/c20-19(7-14-26-15-8-19)18(25)21-9-6-17(24)23-12-10-22(11-13-23)16-4-2-1-3-5-16/h1-5H,6-15,20H2,(H,21,25). The molecule has 0 aromatic heterocycles. The second-order valence-electron chi connectivity index (χ2n) is 6.98. The number of amides is 2. The molecule has 0 radical (unpaired) electrons. The van der Waals surface area contributed by atoms with E-state index in [2.05, 4.69) is 22.3 Å². The first-order chi connectivity index (χ1) is 12.6. The van der Waals surface area contributed by atoms with E-state index in [1.165, 1.54) is 5.69 Å². The van der Waals surface area contributed by atoms with Crippen molar-refractivity contribution in [3.8, 4) is 0 Å². The lowest BCUT2D eigenvalue weighted by Crippen LogP contribution is -2.57. The fourth-order valence-corrected chi connectivity index (χ4v) is 3.43. The summed E-state index contributed by atoms with van der Waals surface area (Å²) in [7, 11) is 0. The third kappa shape index (κ3) is 4.53. The van der Waals surface area contributed by atoms with E-state index < -0.39 is 5.54 Å². The van der Waals surface area contributed by atoms with E-state index in [1.807, 2.05) is 23.1 Å². The monoisotopic (exact) mass is 360 g/mol. The van der Waals surface area contributed by atoms with Gasteiger partial charge in [-0.25, -0.2) is 0 Å². The number of carbonyl (C=O) groups is 2. The molecule has 3 rings (SSSR count). The second-order valence-corrected chi connectivity index (χ2v) is 6.98. The topological polar surface area (TPSA) is 87.9 Å². The van der Waals surface area contributed by atoms with E-state index in [0.717, 1.165) is 13.1 Å². The van der Waals surface area contributed by atoms with Gasteiger partial charge in [-0.1, -0.05) is 18.2 Å². The Morgan fingerprint density at radius 2 is 1.73 bits per heavy atom. The Balaban J connectivity index is 1.38. The molecule has 0 unspecified atom stereocenters. The molecular weight excluding hydrogens is 332 g/mol. The molecule has 2 amide bonds. The van der Waals surface area contributed by atoms with Crippen molar-refractivity contribution >= 4 is 17.5 Å². The molecule has 7 nitrogen and oxygen atoms in total. The van der Waals surface area contributed by atoms with Crippen LogP contribution in [0, 0.1) is 0 Å².